The monoisotopic (exact) mass is 248 g/mol. The van der Waals surface area contributed by atoms with Gasteiger partial charge in [-0.2, -0.15) is 0 Å². The molecule has 1 aromatic carbocycles. The number of hydrogen-bond acceptors (Lipinski definition) is 4. The van der Waals surface area contributed by atoms with Crippen molar-refractivity contribution >= 4 is 11.3 Å². The van der Waals surface area contributed by atoms with Gasteiger partial charge in [-0.1, -0.05) is 12.1 Å². The Morgan fingerprint density at radius 2 is 2.12 bits per heavy atom. The van der Waals surface area contributed by atoms with E-state index in [0.717, 1.165) is 10.6 Å². The van der Waals surface area contributed by atoms with Crippen molar-refractivity contribution in [2.24, 2.45) is 0 Å². The minimum Gasteiger partial charge on any atom is -0.508 e. The Labute approximate surface area is 105 Å². The van der Waals surface area contributed by atoms with E-state index in [4.69, 9.17) is 0 Å². The highest BCUT2D eigenvalue weighted by Crippen LogP contribution is 2.22. The van der Waals surface area contributed by atoms with Crippen LogP contribution in [-0.2, 0) is 0 Å². The molecule has 1 heterocycles. The lowest BCUT2D eigenvalue weighted by Gasteiger charge is -2.18. The first-order valence-corrected chi connectivity index (χ1v) is 6.49. The molecule has 0 aliphatic heterocycles. The Morgan fingerprint density at radius 1 is 1.29 bits per heavy atom. The number of aromatic nitrogens is 1. The number of phenols is 1. The summed E-state index contributed by atoms with van der Waals surface area (Å²) in [6.45, 7) is 4.18. The van der Waals surface area contributed by atoms with Gasteiger partial charge in [0.25, 0.3) is 0 Å². The maximum Gasteiger partial charge on any atom is 0.115 e. The van der Waals surface area contributed by atoms with E-state index >= 15 is 0 Å². The smallest absolute Gasteiger partial charge is 0.115 e. The lowest BCUT2D eigenvalue weighted by atomic mass is 10.1. The molecule has 17 heavy (non-hydrogen) atoms. The number of hydrogen-bond donors (Lipinski definition) is 2. The predicted octanol–water partition coefficient (Wildman–Crippen LogP) is 3.26. The molecule has 0 saturated carbocycles. The van der Waals surface area contributed by atoms with Crippen LogP contribution >= 0.6 is 11.3 Å². The van der Waals surface area contributed by atoms with Crippen LogP contribution in [0.3, 0.4) is 0 Å². The number of nitrogens with zero attached hydrogens (tertiary/aromatic N) is 1. The summed E-state index contributed by atoms with van der Waals surface area (Å²) in [5, 5.41) is 16.0. The molecule has 0 spiro atoms. The Balaban J connectivity index is 2.04. The van der Waals surface area contributed by atoms with Crippen LogP contribution in [0.2, 0.25) is 0 Å². The number of thiazole rings is 1. The molecule has 2 unspecified atom stereocenters. The van der Waals surface area contributed by atoms with Gasteiger partial charge in [0.2, 0.25) is 0 Å². The normalized spacial score (nSPS) is 14.5. The van der Waals surface area contributed by atoms with Gasteiger partial charge in [0.1, 0.15) is 10.8 Å². The van der Waals surface area contributed by atoms with Crippen molar-refractivity contribution < 1.29 is 5.11 Å². The van der Waals surface area contributed by atoms with E-state index in [2.05, 4.69) is 24.1 Å². The van der Waals surface area contributed by atoms with E-state index in [1.54, 1.807) is 23.5 Å². The molecule has 0 saturated heterocycles. The second-order valence-electron chi connectivity index (χ2n) is 4.08. The summed E-state index contributed by atoms with van der Waals surface area (Å²) < 4.78 is 0. The largest absolute Gasteiger partial charge is 0.508 e. The van der Waals surface area contributed by atoms with Gasteiger partial charge in [0.15, 0.2) is 0 Å². The predicted molar refractivity (Wildman–Crippen MR) is 70.2 cm³/mol. The molecule has 0 aliphatic carbocycles. The van der Waals surface area contributed by atoms with Gasteiger partial charge >= 0.3 is 0 Å². The van der Waals surface area contributed by atoms with Gasteiger partial charge in [0, 0.05) is 17.6 Å². The fourth-order valence-corrected chi connectivity index (χ4v) is 2.44. The highest BCUT2D eigenvalue weighted by Gasteiger charge is 2.12. The molecule has 0 radical (unpaired) electrons. The lowest BCUT2D eigenvalue weighted by Crippen LogP contribution is -2.22. The summed E-state index contributed by atoms with van der Waals surface area (Å²) in [5.41, 5.74) is 1.08. The standard InChI is InChI=1S/C13H16N2OS/c1-9(11-4-3-5-12(16)8-11)15-10(2)13-14-6-7-17-13/h3-10,15-16H,1-2H3. The molecule has 0 fully saturated rings. The Kier molecular flexibility index (Phi) is 3.76. The minimum atomic E-state index is 0.181. The van der Waals surface area contributed by atoms with Crippen LogP contribution < -0.4 is 5.32 Å². The van der Waals surface area contributed by atoms with E-state index < -0.39 is 0 Å². The quantitative estimate of drug-likeness (QED) is 0.873. The fourth-order valence-electron chi connectivity index (χ4n) is 1.78. The molecule has 0 bridgehead atoms. The van der Waals surface area contributed by atoms with Crippen molar-refractivity contribution in [3.8, 4) is 5.75 Å². The summed E-state index contributed by atoms with van der Waals surface area (Å²) >= 11 is 1.65. The molecule has 2 N–H and O–H groups in total. The summed E-state index contributed by atoms with van der Waals surface area (Å²) in [7, 11) is 0. The molecule has 90 valence electrons. The number of phenolic OH excluding ortho intramolecular Hbond substituents is 1. The zero-order valence-corrected chi connectivity index (χ0v) is 10.7. The molecular formula is C13H16N2OS. The van der Waals surface area contributed by atoms with Crippen LogP contribution in [0.1, 0.15) is 36.5 Å². The van der Waals surface area contributed by atoms with Gasteiger partial charge in [-0.25, -0.2) is 4.98 Å². The van der Waals surface area contributed by atoms with E-state index in [0.29, 0.717) is 5.75 Å². The van der Waals surface area contributed by atoms with Crippen molar-refractivity contribution in [3.05, 3.63) is 46.4 Å². The molecule has 2 atom stereocenters. The Morgan fingerprint density at radius 3 is 2.76 bits per heavy atom. The first-order valence-electron chi connectivity index (χ1n) is 5.61. The van der Waals surface area contributed by atoms with Crippen molar-refractivity contribution in [2.75, 3.05) is 0 Å². The molecule has 2 aromatic rings. The van der Waals surface area contributed by atoms with E-state index in [-0.39, 0.29) is 12.1 Å². The zero-order chi connectivity index (χ0) is 12.3. The third-order valence-electron chi connectivity index (χ3n) is 2.69. The summed E-state index contributed by atoms with van der Waals surface area (Å²) in [4.78, 5) is 4.29. The second-order valence-corrected chi connectivity index (χ2v) is 5.00. The first-order chi connectivity index (χ1) is 8.16. The third kappa shape index (κ3) is 3.05. The van der Waals surface area contributed by atoms with Gasteiger partial charge in [-0.15, -0.1) is 11.3 Å². The number of rotatable bonds is 4. The average molecular weight is 248 g/mol. The first kappa shape index (κ1) is 12.1. The lowest BCUT2D eigenvalue weighted by molar-refractivity contribution is 0.466. The zero-order valence-electron chi connectivity index (χ0n) is 9.92. The van der Waals surface area contributed by atoms with Gasteiger partial charge in [0.05, 0.1) is 6.04 Å². The molecular weight excluding hydrogens is 232 g/mol. The van der Waals surface area contributed by atoms with Crippen LogP contribution in [0.25, 0.3) is 0 Å². The minimum absolute atomic E-state index is 0.181. The third-order valence-corrected chi connectivity index (χ3v) is 3.65. The Hall–Kier alpha value is -1.39. The highest BCUT2D eigenvalue weighted by molar-refractivity contribution is 7.09. The van der Waals surface area contributed by atoms with E-state index in [1.807, 2.05) is 23.7 Å². The van der Waals surface area contributed by atoms with Gasteiger partial charge < -0.3 is 10.4 Å². The molecule has 2 rings (SSSR count). The Bertz CT molecular complexity index is 470. The topological polar surface area (TPSA) is 45.2 Å². The molecule has 1 aromatic heterocycles. The van der Waals surface area contributed by atoms with Gasteiger partial charge in [-0.3, -0.25) is 0 Å². The van der Waals surface area contributed by atoms with Crippen LogP contribution in [0.5, 0.6) is 5.75 Å². The highest BCUT2D eigenvalue weighted by atomic mass is 32.1. The number of benzene rings is 1. The van der Waals surface area contributed by atoms with Crippen LogP contribution in [0, 0.1) is 0 Å². The van der Waals surface area contributed by atoms with E-state index in [1.165, 1.54) is 0 Å². The van der Waals surface area contributed by atoms with Crippen LogP contribution in [0.4, 0.5) is 0 Å². The second kappa shape index (κ2) is 5.29. The van der Waals surface area contributed by atoms with Crippen molar-refractivity contribution in [1.82, 2.24) is 10.3 Å². The van der Waals surface area contributed by atoms with Gasteiger partial charge in [-0.05, 0) is 31.5 Å². The molecule has 0 aliphatic rings. The van der Waals surface area contributed by atoms with Crippen LogP contribution in [-0.4, -0.2) is 10.1 Å². The van der Waals surface area contributed by atoms with Crippen molar-refractivity contribution in [2.45, 2.75) is 25.9 Å². The maximum atomic E-state index is 9.44. The maximum absolute atomic E-state index is 9.44. The fraction of sp³-hybridized carbons (Fsp3) is 0.308. The van der Waals surface area contributed by atoms with E-state index in [9.17, 15) is 5.11 Å². The average Bonchev–Trinajstić information content (AvgIpc) is 2.82. The summed E-state index contributed by atoms with van der Waals surface area (Å²) in [6.07, 6.45) is 1.82. The summed E-state index contributed by atoms with van der Waals surface area (Å²) in [6, 6.07) is 7.73. The number of aromatic hydroxyl groups is 1. The van der Waals surface area contributed by atoms with Crippen molar-refractivity contribution in [1.29, 1.82) is 0 Å². The SMILES string of the molecule is CC(NC(C)c1nccs1)c1cccc(O)c1. The van der Waals surface area contributed by atoms with Crippen LogP contribution in [0.15, 0.2) is 35.8 Å². The molecule has 3 nitrogen and oxygen atoms in total. The molecule has 4 heteroatoms. The van der Waals surface area contributed by atoms with Crippen molar-refractivity contribution in [3.63, 3.8) is 0 Å². The summed E-state index contributed by atoms with van der Waals surface area (Å²) in [5.74, 6) is 0.304. The number of nitrogens with one attached hydrogen (secondary N) is 1. The molecule has 0 amide bonds.